The van der Waals surface area contributed by atoms with E-state index in [1.807, 2.05) is 24.3 Å². The molecular formula is C11H11ClN2O. The van der Waals surface area contributed by atoms with Crippen molar-refractivity contribution in [3.63, 3.8) is 0 Å². The van der Waals surface area contributed by atoms with Gasteiger partial charge in [-0.1, -0.05) is 23.7 Å². The van der Waals surface area contributed by atoms with Gasteiger partial charge in [0.05, 0.1) is 24.3 Å². The van der Waals surface area contributed by atoms with Gasteiger partial charge in [-0.2, -0.15) is 0 Å². The number of nitrogens with zero attached hydrogens (tertiary/aromatic N) is 1. The summed E-state index contributed by atoms with van der Waals surface area (Å²) in [6.45, 7) is 0. The van der Waals surface area contributed by atoms with E-state index in [1.54, 1.807) is 12.5 Å². The highest BCUT2D eigenvalue weighted by atomic mass is 35.5. The van der Waals surface area contributed by atoms with Crippen LogP contribution in [-0.2, 0) is 6.42 Å². The number of hydrogen-bond donors (Lipinski definition) is 2. The Morgan fingerprint density at radius 1 is 1.33 bits per heavy atom. The lowest BCUT2D eigenvalue weighted by molar-refractivity contribution is 0.174. The maximum absolute atomic E-state index is 9.83. The molecule has 1 heterocycles. The van der Waals surface area contributed by atoms with Gasteiger partial charge in [0.2, 0.25) is 0 Å². The van der Waals surface area contributed by atoms with Crippen LogP contribution in [0.25, 0.3) is 0 Å². The normalized spacial score (nSPS) is 12.7. The highest BCUT2D eigenvalue weighted by Crippen LogP contribution is 2.17. The fourth-order valence-electron chi connectivity index (χ4n) is 1.40. The molecule has 0 aliphatic heterocycles. The van der Waals surface area contributed by atoms with Crippen LogP contribution in [0.5, 0.6) is 0 Å². The molecule has 0 aliphatic rings. The lowest BCUT2D eigenvalue weighted by Gasteiger charge is -2.08. The smallest absolute Gasteiger partial charge is 0.0993 e. The number of aliphatic hydroxyl groups excluding tert-OH is 1. The van der Waals surface area contributed by atoms with Crippen LogP contribution in [0.2, 0.25) is 5.02 Å². The van der Waals surface area contributed by atoms with Crippen molar-refractivity contribution in [2.45, 2.75) is 12.5 Å². The molecule has 2 N–H and O–H groups in total. The maximum atomic E-state index is 9.83. The van der Waals surface area contributed by atoms with Gasteiger partial charge in [0.1, 0.15) is 0 Å². The van der Waals surface area contributed by atoms with Crippen molar-refractivity contribution in [3.8, 4) is 0 Å². The molecule has 0 fully saturated rings. The third kappa shape index (κ3) is 2.58. The molecule has 78 valence electrons. The summed E-state index contributed by atoms with van der Waals surface area (Å²) >= 11 is 5.77. The molecule has 3 nitrogen and oxygen atoms in total. The molecule has 0 spiro atoms. The van der Waals surface area contributed by atoms with Gasteiger partial charge in [-0.25, -0.2) is 4.98 Å². The van der Waals surface area contributed by atoms with Crippen LogP contribution < -0.4 is 0 Å². The Morgan fingerprint density at radius 3 is 2.67 bits per heavy atom. The fraction of sp³-hybridized carbons (Fsp3) is 0.182. The number of halogens is 1. The van der Waals surface area contributed by atoms with Gasteiger partial charge in [0.15, 0.2) is 0 Å². The van der Waals surface area contributed by atoms with E-state index in [1.165, 1.54) is 0 Å². The molecule has 0 aliphatic carbocycles. The molecule has 0 amide bonds. The third-order valence-electron chi connectivity index (χ3n) is 2.22. The van der Waals surface area contributed by atoms with Crippen molar-refractivity contribution in [2.75, 3.05) is 0 Å². The minimum atomic E-state index is -0.548. The van der Waals surface area contributed by atoms with E-state index >= 15 is 0 Å². The van der Waals surface area contributed by atoms with Gasteiger partial charge < -0.3 is 10.1 Å². The lowest BCUT2D eigenvalue weighted by atomic mass is 10.1. The van der Waals surface area contributed by atoms with E-state index in [2.05, 4.69) is 9.97 Å². The van der Waals surface area contributed by atoms with Crippen LogP contribution in [-0.4, -0.2) is 15.1 Å². The summed E-state index contributed by atoms with van der Waals surface area (Å²) in [6, 6.07) is 7.44. The van der Waals surface area contributed by atoms with E-state index in [0.717, 1.165) is 11.3 Å². The zero-order chi connectivity index (χ0) is 10.7. The molecule has 1 unspecified atom stereocenters. The summed E-state index contributed by atoms with van der Waals surface area (Å²) in [5.41, 5.74) is 1.77. The third-order valence-corrected chi connectivity index (χ3v) is 2.47. The van der Waals surface area contributed by atoms with E-state index in [4.69, 9.17) is 11.6 Å². The number of rotatable bonds is 3. The predicted molar refractivity (Wildman–Crippen MR) is 58.7 cm³/mol. The maximum Gasteiger partial charge on any atom is 0.0993 e. The predicted octanol–water partition coefficient (Wildman–Crippen LogP) is 2.34. The first-order valence-corrected chi connectivity index (χ1v) is 5.04. The topological polar surface area (TPSA) is 48.9 Å². The van der Waals surface area contributed by atoms with Crippen LogP contribution in [0.4, 0.5) is 0 Å². The van der Waals surface area contributed by atoms with Gasteiger partial charge in [0, 0.05) is 11.4 Å². The van der Waals surface area contributed by atoms with Crippen molar-refractivity contribution in [2.24, 2.45) is 0 Å². The van der Waals surface area contributed by atoms with Crippen LogP contribution in [0.15, 0.2) is 36.8 Å². The minimum Gasteiger partial charge on any atom is -0.386 e. The Kier molecular flexibility index (Phi) is 3.04. The lowest BCUT2D eigenvalue weighted by Crippen LogP contribution is -2.01. The molecule has 0 saturated carbocycles. The summed E-state index contributed by atoms with van der Waals surface area (Å²) in [4.78, 5) is 6.74. The highest BCUT2D eigenvalue weighted by Gasteiger charge is 2.09. The molecular weight excluding hydrogens is 212 g/mol. The van der Waals surface area contributed by atoms with Crippen LogP contribution in [0, 0.1) is 0 Å². The van der Waals surface area contributed by atoms with Gasteiger partial charge in [-0.15, -0.1) is 0 Å². The second kappa shape index (κ2) is 4.47. The number of aromatic amines is 1. The molecule has 0 bridgehead atoms. The Labute approximate surface area is 92.7 Å². The summed E-state index contributed by atoms with van der Waals surface area (Å²) in [6.07, 6.45) is 3.19. The van der Waals surface area contributed by atoms with Crippen molar-refractivity contribution in [3.05, 3.63) is 53.1 Å². The number of imidazole rings is 1. The van der Waals surface area contributed by atoms with Crippen molar-refractivity contribution in [1.82, 2.24) is 9.97 Å². The number of nitrogens with one attached hydrogen (secondary N) is 1. The van der Waals surface area contributed by atoms with Crippen molar-refractivity contribution >= 4 is 11.6 Å². The number of aromatic nitrogens is 2. The largest absolute Gasteiger partial charge is 0.386 e. The Hall–Kier alpha value is -1.32. The molecule has 4 heteroatoms. The molecule has 0 saturated heterocycles. The minimum absolute atomic E-state index is 0.548. The van der Waals surface area contributed by atoms with Crippen LogP contribution >= 0.6 is 11.6 Å². The Bertz CT molecular complexity index is 411. The molecule has 15 heavy (non-hydrogen) atoms. The van der Waals surface area contributed by atoms with Crippen LogP contribution in [0.1, 0.15) is 17.4 Å². The van der Waals surface area contributed by atoms with Gasteiger partial charge in [-0.05, 0) is 17.7 Å². The fourth-order valence-corrected chi connectivity index (χ4v) is 1.53. The Balaban J connectivity index is 2.06. The molecule has 0 radical (unpaired) electrons. The summed E-state index contributed by atoms with van der Waals surface area (Å²) in [7, 11) is 0. The first-order chi connectivity index (χ1) is 7.25. The van der Waals surface area contributed by atoms with Gasteiger partial charge in [0.25, 0.3) is 0 Å². The zero-order valence-electron chi connectivity index (χ0n) is 8.02. The standard InChI is InChI=1S/C11H11ClN2O/c12-9-3-1-8(2-4-9)5-11(15)10-6-13-7-14-10/h1-4,6-7,11,15H,5H2,(H,13,14). The number of aliphatic hydroxyl groups is 1. The quantitative estimate of drug-likeness (QED) is 0.838. The van der Waals surface area contributed by atoms with Crippen molar-refractivity contribution in [1.29, 1.82) is 0 Å². The molecule has 2 rings (SSSR count). The summed E-state index contributed by atoms with van der Waals surface area (Å²) in [5, 5.41) is 10.5. The van der Waals surface area contributed by atoms with Gasteiger partial charge >= 0.3 is 0 Å². The molecule has 2 aromatic rings. The first kappa shape index (κ1) is 10.2. The number of hydrogen-bond acceptors (Lipinski definition) is 2. The Morgan fingerprint density at radius 2 is 2.07 bits per heavy atom. The van der Waals surface area contributed by atoms with Gasteiger partial charge in [-0.3, -0.25) is 0 Å². The molecule has 1 aromatic carbocycles. The second-order valence-electron chi connectivity index (χ2n) is 3.35. The number of benzene rings is 1. The highest BCUT2D eigenvalue weighted by molar-refractivity contribution is 6.30. The average molecular weight is 223 g/mol. The van der Waals surface area contributed by atoms with E-state index in [9.17, 15) is 5.11 Å². The van der Waals surface area contributed by atoms with Crippen molar-refractivity contribution < 1.29 is 5.11 Å². The van der Waals surface area contributed by atoms with Crippen LogP contribution in [0.3, 0.4) is 0 Å². The second-order valence-corrected chi connectivity index (χ2v) is 3.79. The first-order valence-electron chi connectivity index (χ1n) is 4.66. The van der Waals surface area contributed by atoms with E-state index < -0.39 is 6.10 Å². The van der Waals surface area contributed by atoms with E-state index in [-0.39, 0.29) is 0 Å². The average Bonchev–Trinajstić information content (AvgIpc) is 2.74. The SMILES string of the molecule is OC(Cc1ccc(Cl)cc1)c1cnc[nH]1. The van der Waals surface area contributed by atoms with E-state index in [0.29, 0.717) is 11.4 Å². The zero-order valence-corrected chi connectivity index (χ0v) is 8.78. The number of H-pyrrole nitrogens is 1. The molecule has 1 atom stereocenters. The summed E-state index contributed by atoms with van der Waals surface area (Å²) < 4.78 is 0. The summed E-state index contributed by atoms with van der Waals surface area (Å²) in [5.74, 6) is 0. The monoisotopic (exact) mass is 222 g/mol. The molecule has 1 aromatic heterocycles.